The van der Waals surface area contributed by atoms with Crippen molar-refractivity contribution in [1.29, 1.82) is 0 Å². The molecular weight excluding hydrogens is 310 g/mol. The van der Waals surface area contributed by atoms with E-state index in [9.17, 15) is 9.59 Å². The monoisotopic (exact) mass is 343 g/mol. The van der Waals surface area contributed by atoms with Crippen molar-refractivity contribution < 1.29 is 23.9 Å². The van der Waals surface area contributed by atoms with Crippen LogP contribution in [0.25, 0.3) is 0 Å². The summed E-state index contributed by atoms with van der Waals surface area (Å²) < 4.78 is 10.5. The Hall–Kier alpha value is -1.14. The SMILES string of the molecule is CC(=O)OCC(ON1C(C)(C)CCCC1(C)C)C(=O)OC(C)(C)C. The van der Waals surface area contributed by atoms with E-state index in [-0.39, 0.29) is 17.7 Å². The molecule has 0 bridgehead atoms. The van der Waals surface area contributed by atoms with Gasteiger partial charge in [0.2, 0.25) is 6.10 Å². The largest absolute Gasteiger partial charge is 0.462 e. The zero-order valence-corrected chi connectivity index (χ0v) is 16.4. The standard InChI is InChI=1S/C18H33NO5/c1-13(20)22-12-14(15(21)23-16(2,3)4)24-19-17(5,6)10-9-11-18(19,7)8/h14H,9-12H2,1-8H3. The number of carbonyl (C=O) groups excluding carboxylic acids is 2. The number of nitrogens with zero attached hydrogens (tertiary/aromatic N) is 1. The summed E-state index contributed by atoms with van der Waals surface area (Å²) in [5.74, 6) is -0.981. The lowest BCUT2D eigenvalue weighted by molar-refractivity contribution is -0.307. The van der Waals surface area contributed by atoms with Crippen molar-refractivity contribution in [3.8, 4) is 0 Å². The Balaban J connectivity index is 2.96. The van der Waals surface area contributed by atoms with Crippen LogP contribution in [0.5, 0.6) is 0 Å². The lowest BCUT2D eigenvalue weighted by atomic mass is 9.82. The Kier molecular flexibility index (Phi) is 6.44. The summed E-state index contributed by atoms with van der Waals surface area (Å²) in [7, 11) is 0. The summed E-state index contributed by atoms with van der Waals surface area (Å²) in [5, 5.41) is 1.88. The summed E-state index contributed by atoms with van der Waals surface area (Å²) in [4.78, 5) is 29.7. The van der Waals surface area contributed by atoms with Gasteiger partial charge in [-0.2, -0.15) is 5.06 Å². The van der Waals surface area contributed by atoms with Crippen molar-refractivity contribution in [3.05, 3.63) is 0 Å². The van der Waals surface area contributed by atoms with Gasteiger partial charge in [-0.15, -0.1) is 0 Å². The van der Waals surface area contributed by atoms with Gasteiger partial charge in [0.05, 0.1) is 0 Å². The van der Waals surface area contributed by atoms with Crippen LogP contribution in [0.15, 0.2) is 0 Å². The topological polar surface area (TPSA) is 65.1 Å². The molecule has 0 spiro atoms. The zero-order chi connectivity index (χ0) is 18.8. The average molecular weight is 343 g/mol. The first-order chi connectivity index (χ1) is 10.7. The van der Waals surface area contributed by atoms with Crippen molar-refractivity contribution in [2.24, 2.45) is 0 Å². The number of piperidine rings is 1. The highest BCUT2D eigenvalue weighted by molar-refractivity contribution is 5.76. The quantitative estimate of drug-likeness (QED) is 0.714. The Bertz CT molecular complexity index is 449. The van der Waals surface area contributed by atoms with Gasteiger partial charge in [0.25, 0.3) is 0 Å². The van der Waals surface area contributed by atoms with Gasteiger partial charge >= 0.3 is 11.9 Å². The zero-order valence-electron chi connectivity index (χ0n) is 16.4. The molecule has 6 nitrogen and oxygen atoms in total. The van der Waals surface area contributed by atoms with E-state index in [1.54, 1.807) is 20.8 Å². The van der Waals surface area contributed by atoms with Gasteiger partial charge < -0.3 is 9.47 Å². The maximum atomic E-state index is 12.5. The summed E-state index contributed by atoms with van der Waals surface area (Å²) >= 11 is 0. The van der Waals surface area contributed by atoms with E-state index in [1.165, 1.54) is 6.92 Å². The van der Waals surface area contributed by atoms with E-state index in [1.807, 2.05) is 5.06 Å². The molecule has 0 saturated carbocycles. The fourth-order valence-electron chi connectivity index (χ4n) is 3.09. The highest BCUT2D eigenvalue weighted by atomic mass is 16.7. The molecule has 140 valence electrons. The predicted molar refractivity (Wildman–Crippen MR) is 91.2 cm³/mol. The molecule has 1 fully saturated rings. The van der Waals surface area contributed by atoms with Gasteiger partial charge in [-0.1, -0.05) is 0 Å². The Morgan fingerprint density at radius 1 is 1.08 bits per heavy atom. The molecule has 1 saturated heterocycles. The Morgan fingerprint density at radius 2 is 1.58 bits per heavy atom. The van der Waals surface area contributed by atoms with Crippen LogP contribution in [0.1, 0.15) is 74.7 Å². The number of carbonyl (C=O) groups is 2. The lowest BCUT2D eigenvalue weighted by Gasteiger charge is -2.52. The van der Waals surface area contributed by atoms with E-state index in [2.05, 4.69) is 27.7 Å². The fourth-order valence-corrected chi connectivity index (χ4v) is 3.09. The van der Waals surface area contributed by atoms with Crippen LogP contribution in [-0.4, -0.2) is 46.4 Å². The van der Waals surface area contributed by atoms with Gasteiger partial charge in [-0.25, -0.2) is 4.79 Å². The first-order valence-electron chi connectivity index (χ1n) is 8.58. The van der Waals surface area contributed by atoms with Gasteiger partial charge in [0.15, 0.2) is 0 Å². The van der Waals surface area contributed by atoms with Crippen LogP contribution in [0.4, 0.5) is 0 Å². The second-order valence-corrected chi connectivity index (χ2v) is 8.70. The molecular formula is C18H33NO5. The van der Waals surface area contributed by atoms with Crippen molar-refractivity contribution in [2.75, 3.05) is 6.61 Å². The maximum absolute atomic E-state index is 12.5. The molecule has 0 aromatic carbocycles. The minimum absolute atomic E-state index is 0.160. The Morgan fingerprint density at radius 3 is 2.00 bits per heavy atom. The third kappa shape index (κ3) is 6.06. The summed E-state index contributed by atoms with van der Waals surface area (Å²) in [6.07, 6.45) is 2.04. The van der Waals surface area contributed by atoms with Crippen LogP contribution in [0.3, 0.4) is 0 Å². The highest BCUT2D eigenvalue weighted by Gasteiger charge is 2.45. The molecule has 1 aliphatic heterocycles. The Labute approximate surface area is 145 Å². The third-order valence-electron chi connectivity index (χ3n) is 4.02. The van der Waals surface area contributed by atoms with Gasteiger partial charge in [0, 0.05) is 18.0 Å². The normalized spacial score (nSPS) is 21.8. The van der Waals surface area contributed by atoms with Crippen LogP contribution in [0.2, 0.25) is 0 Å². The maximum Gasteiger partial charge on any atom is 0.341 e. The number of esters is 2. The summed E-state index contributed by atoms with van der Waals surface area (Å²) in [6, 6.07) is 0. The van der Waals surface area contributed by atoms with Crippen LogP contribution >= 0.6 is 0 Å². The molecule has 1 unspecified atom stereocenters. The molecule has 24 heavy (non-hydrogen) atoms. The molecule has 0 radical (unpaired) electrons. The first-order valence-corrected chi connectivity index (χ1v) is 8.58. The number of hydrogen-bond acceptors (Lipinski definition) is 6. The lowest BCUT2D eigenvalue weighted by Crippen LogP contribution is -2.60. The average Bonchev–Trinajstić information content (AvgIpc) is 2.33. The van der Waals surface area contributed by atoms with Gasteiger partial charge in [-0.05, 0) is 67.7 Å². The van der Waals surface area contributed by atoms with Crippen molar-refractivity contribution in [3.63, 3.8) is 0 Å². The molecule has 0 amide bonds. The van der Waals surface area contributed by atoms with Crippen LogP contribution in [0, 0.1) is 0 Å². The van der Waals surface area contributed by atoms with Crippen molar-refractivity contribution >= 4 is 11.9 Å². The van der Waals surface area contributed by atoms with E-state index in [0.717, 1.165) is 19.3 Å². The second-order valence-electron chi connectivity index (χ2n) is 8.70. The molecule has 0 aromatic rings. The smallest absolute Gasteiger partial charge is 0.341 e. The molecule has 0 aliphatic carbocycles. The molecule has 1 aliphatic rings. The number of hydrogen-bond donors (Lipinski definition) is 0. The summed E-state index contributed by atoms with van der Waals surface area (Å²) in [5.41, 5.74) is -1.08. The number of rotatable bonds is 5. The third-order valence-corrected chi connectivity index (χ3v) is 4.02. The van der Waals surface area contributed by atoms with Crippen molar-refractivity contribution in [1.82, 2.24) is 5.06 Å². The molecule has 6 heteroatoms. The van der Waals surface area contributed by atoms with E-state index >= 15 is 0 Å². The second kappa shape index (κ2) is 7.40. The highest BCUT2D eigenvalue weighted by Crippen LogP contribution is 2.39. The van der Waals surface area contributed by atoms with Crippen LogP contribution < -0.4 is 0 Å². The van der Waals surface area contributed by atoms with Gasteiger partial charge in [0.1, 0.15) is 12.2 Å². The van der Waals surface area contributed by atoms with Crippen molar-refractivity contribution in [2.45, 2.75) is 97.4 Å². The number of hydroxylamine groups is 2. The molecule has 1 rings (SSSR count). The van der Waals surface area contributed by atoms with Crippen LogP contribution in [-0.2, 0) is 23.9 Å². The molecule has 0 N–H and O–H groups in total. The minimum Gasteiger partial charge on any atom is -0.462 e. The molecule has 1 heterocycles. The summed E-state index contributed by atoms with van der Waals surface area (Å²) in [6.45, 7) is 14.9. The van der Waals surface area contributed by atoms with E-state index < -0.39 is 23.6 Å². The fraction of sp³-hybridized carbons (Fsp3) is 0.889. The number of ether oxygens (including phenoxy) is 2. The molecule has 0 aromatic heterocycles. The minimum atomic E-state index is -0.982. The van der Waals surface area contributed by atoms with E-state index in [0.29, 0.717) is 0 Å². The van der Waals surface area contributed by atoms with E-state index in [4.69, 9.17) is 14.3 Å². The first kappa shape index (κ1) is 20.9. The predicted octanol–water partition coefficient (Wildman–Crippen LogP) is 3.23. The van der Waals surface area contributed by atoms with Gasteiger partial charge in [-0.3, -0.25) is 9.63 Å². The molecule has 1 atom stereocenters.